The standard InChI is InChI=1S/C15H23N3O2/c1-12(11-16-15(20)17(2)9-10-19)18-8-7-13-5-3-4-6-14(13)18/h3-6,12,19H,7-11H2,1-2H3,(H,16,20). The predicted octanol–water partition coefficient (Wildman–Crippen LogP) is 1.07. The lowest BCUT2D eigenvalue weighted by molar-refractivity contribution is 0.190. The first-order valence-electron chi connectivity index (χ1n) is 7.08. The largest absolute Gasteiger partial charge is 0.395 e. The van der Waals surface area contributed by atoms with Gasteiger partial charge in [-0.2, -0.15) is 0 Å². The second kappa shape index (κ2) is 6.61. The highest BCUT2D eigenvalue weighted by Gasteiger charge is 2.23. The van der Waals surface area contributed by atoms with Crippen molar-refractivity contribution >= 4 is 11.7 Å². The SMILES string of the molecule is CC(CNC(=O)N(C)CCO)N1CCc2ccccc21. The first-order valence-corrected chi connectivity index (χ1v) is 7.08. The summed E-state index contributed by atoms with van der Waals surface area (Å²) in [5.74, 6) is 0. The number of benzene rings is 1. The quantitative estimate of drug-likeness (QED) is 0.846. The number of fused-ring (bicyclic) bond motifs is 1. The average molecular weight is 277 g/mol. The van der Waals surface area contributed by atoms with Crippen molar-refractivity contribution in [3.05, 3.63) is 29.8 Å². The molecule has 1 heterocycles. The van der Waals surface area contributed by atoms with E-state index in [1.807, 2.05) is 0 Å². The van der Waals surface area contributed by atoms with Gasteiger partial charge in [-0.1, -0.05) is 18.2 Å². The summed E-state index contributed by atoms with van der Waals surface area (Å²) in [6.45, 7) is 4.06. The molecule has 0 fully saturated rings. The average Bonchev–Trinajstić information content (AvgIpc) is 2.88. The Morgan fingerprint density at radius 3 is 3.00 bits per heavy atom. The lowest BCUT2D eigenvalue weighted by Crippen LogP contribution is -2.46. The van der Waals surface area contributed by atoms with Crippen molar-refractivity contribution in [3.63, 3.8) is 0 Å². The maximum atomic E-state index is 11.8. The first-order chi connectivity index (χ1) is 9.63. The number of rotatable bonds is 5. The first kappa shape index (κ1) is 14.7. The lowest BCUT2D eigenvalue weighted by atomic mass is 10.2. The third-order valence-corrected chi connectivity index (χ3v) is 3.79. The Morgan fingerprint density at radius 2 is 2.25 bits per heavy atom. The molecule has 1 atom stereocenters. The van der Waals surface area contributed by atoms with Crippen molar-refractivity contribution < 1.29 is 9.90 Å². The zero-order valence-electron chi connectivity index (χ0n) is 12.2. The fourth-order valence-corrected chi connectivity index (χ4v) is 2.55. The fourth-order valence-electron chi connectivity index (χ4n) is 2.55. The molecule has 0 bridgehead atoms. The molecule has 0 aliphatic carbocycles. The number of likely N-dealkylation sites (N-methyl/N-ethyl adjacent to an activating group) is 1. The van der Waals surface area contributed by atoms with Crippen LogP contribution in [0.5, 0.6) is 0 Å². The van der Waals surface area contributed by atoms with Crippen LogP contribution in [0.25, 0.3) is 0 Å². The van der Waals surface area contributed by atoms with E-state index in [1.165, 1.54) is 16.2 Å². The van der Waals surface area contributed by atoms with E-state index in [0.29, 0.717) is 13.1 Å². The molecule has 2 amide bonds. The van der Waals surface area contributed by atoms with Crippen LogP contribution in [-0.2, 0) is 6.42 Å². The Hall–Kier alpha value is -1.75. The highest BCUT2D eigenvalue weighted by Crippen LogP contribution is 2.28. The molecule has 0 spiro atoms. The van der Waals surface area contributed by atoms with Gasteiger partial charge in [0, 0.05) is 38.4 Å². The van der Waals surface area contributed by atoms with Crippen LogP contribution in [0, 0.1) is 0 Å². The highest BCUT2D eigenvalue weighted by atomic mass is 16.3. The van der Waals surface area contributed by atoms with E-state index in [4.69, 9.17) is 5.11 Å². The zero-order chi connectivity index (χ0) is 14.5. The molecule has 1 aliphatic heterocycles. The fraction of sp³-hybridized carbons (Fsp3) is 0.533. The molecule has 110 valence electrons. The summed E-state index contributed by atoms with van der Waals surface area (Å²) in [6, 6.07) is 8.54. The minimum absolute atomic E-state index is 0.0149. The van der Waals surface area contributed by atoms with Crippen LogP contribution in [0.15, 0.2) is 24.3 Å². The number of nitrogens with zero attached hydrogens (tertiary/aromatic N) is 2. The normalized spacial score (nSPS) is 14.8. The highest BCUT2D eigenvalue weighted by molar-refractivity contribution is 5.74. The number of urea groups is 1. The Kier molecular flexibility index (Phi) is 4.84. The molecule has 1 aromatic rings. The topological polar surface area (TPSA) is 55.8 Å². The van der Waals surface area contributed by atoms with Gasteiger partial charge in [-0.25, -0.2) is 4.79 Å². The summed E-state index contributed by atoms with van der Waals surface area (Å²) in [5, 5.41) is 11.7. The number of aliphatic hydroxyl groups excluding tert-OH is 1. The monoisotopic (exact) mass is 277 g/mol. The van der Waals surface area contributed by atoms with Crippen molar-refractivity contribution in [2.75, 3.05) is 38.2 Å². The van der Waals surface area contributed by atoms with Crippen LogP contribution < -0.4 is 10.2 Å². The van der Waals surface area contributed by atoms with Gasteiger partial charge in [0.25, 0.3) is 0 Å². The van der Waals surface area contributed by atoms with Crippen molar-refractivity contribution in [2.24, 2.45) is 0 Å². The maximum absolute atomic E-state index is 11.8. The number of para-hydroxylation sites is 1. The summed E-state index contributed by atoms with van der Waals surface area (Å²) >= 11 is 0. The summed E-state index contributed by atoms with van der Waals surface area (Å²) in [4.78, 5) is 15.6. The van der Waals surface area contributed by atoms with Crippen molar-refractivity contribution in [2.45, 2.75) is 19.4 Å². The summed E-state index contributed by atoms with van der Waals surface area (Å²) in [7, 11) is 1.68. The summed E-state index contributed by atoms with van der Waals surface area (Å²) in [5.41, 5.74) is 2.65. The zero-order valence-corrected chi connectivity index (χ0v) is 12.2. The van der Waals surface area contributed by atoms with E-state index >= 15 is 0 Å². The molecule has 20 heavy (non-hydrogen) atoms. The van der Waals surface area contributed by atoms with Crippen LogP contribution in [-0.4, -0.2) is 55.4 Å². The molecule has 1 aliphatic rings. The minimum Gasteiger partial charge on any atom is -0.395 e. The third-order valence-electron chi connectivity index (χ3n) is 3.79. The summed E-state index contributed by atoms with van der Waals surface area (Å²) in [6.07, 6.45) is 1.07. The maximum Gasteiger partial charge on any atom is 0.317 e. The molecule has 0 radical (unpaired) electrons. The van der Waals surface area contributed by atoms with Crippen LogP contribution in [0.2, 0.25) is 0 Å². The van der Waals surface area contributed by atoms with Gasteiger partial charge >= 0.3 is 6.03 Å². The molecule has 2 N–H and O–H groups in total. The molecular weight excluding hydrogens is 254 g/mol. The molecular formula is C15H23N3O2. The minimum atomic E-state index is -0.140. The number of hydrogen-bond donors (Lipinski definition) is 2. The van der Waals surface area contributed by atoms with E-state index in [2.05, 4.69) is 41.4 Å². The van der Waals surface area contributed by atoms with E-state index in [-0.39, 0.29) is 18.7 Å². The van der Waals surface area contributed by atoms with Gasteiger partial charge in [0.05, 0.1) is 6.61 Å². The molecule has 5 nitrogen and oxygen atoms in total. The smallest absolute Gasteiger partial charge is 0.317 e. The number of nitrogens with one attached hydrogen (secondary N) is 1. The van der Waals surface area contributed by atoms with Gasteiger partial charge in [0.2, 0.25) is 0 Å². The van der Waals surface area contributed by atoms with Crippen molar-refractivity contribution in [3.8, 4) is 0 Å². The van der Waals surface area contributed by atoms with Crippen LogP contribution in [0.4, 0.5) is 10.5 Å². The Balaban J connectivity index is 1.87. The second-order valence-corrected chi connectivity index (χ2v) is 5.25. The lowest BCUT2D eigenvalue weighted by Gasteiger charge is -2.28. The third kappa shape index (κ3) is 3.22. The van der Waals surface area contributed by atoms with Crippen LogP contribution in [0.3, 0.4) is 0 Å². The molecule has 0 saturated carbocycles. The Bertz CT molecular complexity index is 464. The van der Waals surface area contributed by atoms with Gasteiger partial charge < -0.3 is 20.2 Å². The molecule has 1 aromatic carbocycles. The number of carbonyl (C=O) groups excluding carboxylic acids is 1. The molecule has 5 heteroatoms. The molecule has 0 aromatic heterocycles. The summed E-state index contributed by atoms with van der Waals surface area (Å²) < 4.78 is 0. The van der Waals surface area contributed by atoms with E-state index < -0.39 is 0 Å². The number of anilines is 1. The van der Waals surface area contributed by atoms with E-state index in [1.54, 1.807) is 7.05 Å². The van der Waals surface area contributed by atoms with Gasteiger partial charge in [0.15, 0.2) is 0 Å². The van der Waals surface area contributed by atoms with Crippen molar-refractivity contribution in [1.82, 2.24) is 10.2 Å². The van der Waals surface area contributed by atoms with Gasteiger partial charge in [-0.05, 0) is 25.0 Å². The molecule has 1 unspecified atom stereocenters. The van der Waals surface area contributed by atoms with E-state index in [9.17, 15) is 4.79 Å². The number of hydrogen-bond acceptors (Lipinski definition) is 3. The molecule has 2 rings (SSSR count). The number of aliphatic hydroxyl groups is 1. The van der Waals surface area contributed by atoms with Crippen molar-refractivity contribution in [1.29, 1.82) is 0 Å². The Morgan fingerprint density at radius 1 is 1.50 bits per heavy atom. The van der Waals surface area contributed by atoms with Crippen LogP contribution in [0.1, 0.15) is 12.5 Å². The van der Waals surface area contributed by atoms with Gasteiger partial charge in [0.1, 0.15) is 0 Å². The molecule has 0 saturated heterocycles. The Labute approximate surface area is 120 Å². The number of carbonyl (C=O) groups is 1. The second-order valence-electron chi connectivity index (χ2n) is 5.25. The predicted molar refractivity (Wildman–Crippen MR) is 80.1 cm³/mol. The van der Waals surface area contributed by atoms with Crippen LogP contribution >= 0.6 is 0 Å². The number of amides is 2. The van der Waals surface area contributed by atoms with E-state index in [0.717, 1.165) is 13.0 Å². The van der Waals surface area contributed by atoms with Gasteiger partial charge in [-0.3, -0.25) is 0 Å². The van der Waals surface area contributed by atoms with Gasteiger partial charge in [-0.15, -0.1) is 0 Å².